The van der Waals surface area contributed by atoms with E-state index in [1.807, 2.05) is 12.1 Å². The standard InChI is InChI=1S/C11H18N2O/c1-2-4-9(7-12)11(14)10-5-3-6-13-8-10/h3,5-6,8-9,11,14H,2,4,7,12H2,1H3. The van der Waals surface area contributed by atoms with Gasteiger partial charge in [0.1, 0.15) is 0 Å². The number of aliphatic hydroxyl groups is 1. The second kappa shape index (κ2) is 5.73. The molecule has 1 rings (SSSR count). The van der Waals surface area contributed by atoms with Crippen LogP contribution in [0, 0.1) is 5.92 Å². The summed E-state index contributed by atoms with van der Waals surface area (Å²) in [6.07, 6.45) is 4.91. The molecule has 3 heteroatoms. The first-order chi connectivity index (χ1) is 6.79. The second-order valence-corrected chi connectivity index (χ2v) is 3.52. The number of hydrogen-bond acceptors (Lipinski definition) is 3. The van der Waals surface area contributed by atoms with Gasteiger partial charge in [-0.25, -0.2) is 0 Å². The van der Waals surface area contributed by atoms with Crippen molar-refractivity contribution in [3.8, 4) is 0 Å². The van der Waals surface area contributed by atoms with Gasteiger partial charge in [0.2, 0.25) is 0 Å². The summed E-state index contributed by atoms with van der Waals surface area (Å²) in [5.41, 5.74) is 6.47. The number of hydrogen-bond donors (Lipinski definition) is 2. The number of nitrogens with zero attached hydrogens (tertiary/aromatic N) is 1. The number of pyridine rings is 1. The van der Waals surface area contributed by atoms with Gasteiger partial charge >= 0.3 is 0 Å². The van der Waals surface area contributed by atoms with Gasteiger partial charge in [0.15, 0.2) is 0 Å². The van der Waals surface area contributed by atoms with Crippen LogP contribution in [0.25, 0.3) is 0 Å². The summed E-state index contributed by atoms with van der Waals surface area (Å²) in [6.45, 7) is 2.61. The fourth-order valence-electron chi connectivity index (χ4n) is 1.60. The third-order valence-electron chi connectivity index (χ3n) is 2.43. The van der Waals surface area contributed by atoms with Crippen molar-refractivity contribution in [3.05, 3.63) is 30.1 Å². The van der Waals surface area contributed by atoms with Crippen molar-refractivity contribution in [3.63, 3.8) is 0 Å². The zero-order valence-corrected chi connectivity index (χ0v) is 8.56. The van der Waals surface area contributed by atoms with E-state index in [9.17, 15) is 5.11 Å². The van der Waals surface area contributed by atoms with E-state index in [0.29, 0.717) is 6.54 Å². The van der Waals surface area contributed by atoms with Gasteiger partial charge in [0, 0.05) is 18.3 Å². The van der Waals surface area contributed by atoms with Crippen LogP contribution in [0.2, 0.25) is 0 Å². The fraction of sp³-hybridized carbons (Fsp3) is 0.545. The number of rotatable bonds is 5. The summed E-state index contributed by atoms with van der Waals surface area (Å²) in [4.78, 5) is 3.98. The van der Waals surface area contributed by atoms with Crippen molar-refractivity contribution >= 4 is 0 Å². The normalized spacial score (nSPS) is 15.1. The quantitative estimate of drug-likeness (QED) is 0.746. The molecule has 1 aromatic rings. The second-order valence-electron chi connectivity index (χ2n) is 3.52. The van der Waals surface area contributed by atoms with Gasteiger partial charge in [-0.1, -0.05) is 19.4 Å². The average Bonchev–Trinajstić information content (AvgIpc) is 2.26. The Morgan fingerprint density at radius 1 is 1.57 bits per heavy atom. The van der Waals surface area contributed by atoms with E-state index in [-0.39, 0.29) is 5.92 Å². The zero-order chi connectivity index (χ0) is 10.4. The van der Waals surface area contributed by atoms with Crippen LogP contribution in [0.4, 0.5) is 0 Å². The lowest BCUT2D eigenvalue weighted by atomic mass is 9.93. The SMILES string of the molecule is CCCC(CN)C(O)c1cccnc1. The molecule has 1 aromatic heterocycles. The van der Waals surface area contributed by atoms with Crippen LogP contribution in [0.5, 0.6) is 0 Å². The summed E-state index contributed by atoms with van der Waals surface area (Å²) in [7, 11) is 0. The van der Waals surface area contributed by atoms with Gasteiger partial charge in [0.25, 0.3) is 0 Å². The Morgan fingerprint density at radius 2 is 2.36 bits per heavy atom. The first-order valence-electron chi connectivity index (χ1n) is 5.07. The van der Waals surface area contributed by atoms with E-state index in [1.54, 1.807) is 12.4 Å². The third kappa shape index (κ3) is 2.79. The van der Waals surface area contributed by atoms with Crippen LogP contribution >= 0.6 is 0 Å². The van der Waals surface area contributed by atoms with Crippen molar-refractivity contribution < 1.29 is 5.11 Å². The fourth-order valence-corrected chi connectivity index (χ4v) is 1.60. The highest BCUT2D eigenvalue weighted by Gasteiger charge is 2.18. The molecule has 2 atom stereocenters. The van der Waals surface area contributed by atoms with Crippen LogP contribution in [0.15, 0.2) is 24.5 Å². The highest BCUT2D eigenvalue weighted by Crippen LogP contribution is 2.23. The molecule has 0 aliphatic heterocycles. The maximum absolute atomic E-state index is 9.99. The molecule has 0 aliphatic rings. The molecule has 78 valence electrons. The van der Waals surface area contributed by atoms with Crippen molar-refractivity contribution in [1.29, 1.82) is 0 Å². The molecule has 0 radical (unpaired) electrons. The summed E-state index contributed by atoms with van der Waals surface area (Å²) < 4.78 is 0. The highest BCUT2D eigenvalue weighted by molar-refractivity contribution is 5.12. The molecule has 0 aromatic carbocycles. The van der Waals surface area contributed by atoms with Gasteiger partial charge < -0.3 is 10.8 Å². The van der Waals surface area contributed by atoms with Gasteiger partial charge in [-0.15, -0.1) is 0 Å². The van der Waals surface area contributed by atoms with E-state index in [1.165, 1.54) is 0 Å². The van der Waals surface area contributed by atoms with Gasteiger partial charge in [0.05, 0.1) is 6.10 Å². The smallest absolute Gasteiger partial charge is 0.0845 e. The molecular formula is C11H18N2O. The lowest BCUT2D eigenvalue weighted by molar-refractivity contribution is 0.106. The number of aromatic nitrogens is 1. The molecule has 0 saturated carbocycles. The van der Waals surface area contributed by atoms with E-state index in [2.05, 4.69) is 11.9 Å². The Morgan fingerprint density at radius 3 is 2.86 bits per heavy atom. The molecule has 14 heavy (non-hydrogen) atoms. The Labute approximate surface area is 85.0 Å². The van der Waals surface area contributed by atoms with Crippen molar-refractivity contribution in [2.45, 2.75) is 25.9 Å². The Bertz CT molecular complexity index is 251. The lowest BCUT2D eigenvalue weighted by Gasteiger charge is -2.20. The topological polar surface area (TPSA) is 59.1 Å². The monoisotopic (exact) mass is 194 g/mol. The van der Waals surface area contributed by atoms with Crippen LogP contribution in [-0.4, -0.2) is 16.6 Å². The summed E-state index contributed by atoms with van der Waals surface area (Å²) in [5.74, 6) is 0.143. The summed E-state index contributed by atoms with van der Waals surface area (Å²) in [5, 5.41) is 9.99. The maximum Gasteiger partial charge on any atom is 0.0845 e. The minimum atomic E-state index is -0.478. The summed E-state index contributed by atoms with van der Waals surface area (Å²) >= 11 is 0. The first kappa shape index (κ1) is 11.1. The predicted octanol–water partition coefficient (Wildman–Crippen LogP) is 1.49. The van der Waals surface area contributed by atoms with Crippen molar-refractivity contribution in [2.24, 2.45) is 11.7 Å². The third-order valence-corrected chi connectivity index (χ3v) is 2.43. The van der Waals surface area contributed by atoms with Crippen LogP contribution < -0.4 is 5.73 Å². The Kier molecular flexibility index (Phi) is 4.56. The highest BCUT2D eigenvalue weighted by atomic mass is 16.3. The maximum atomic E-state index is 9.99. The van der Waals surface area contributed by atoms with E-state index in [4.69, 9.17) is 5.73 Å². The Balaban J connectivity index is 2.67. The molecule has 0 fully saturated rings. The van der Waals surface area contributed by atoms with Gasteiger partial charge in [-0.3, -0.25) is 4.98 Å². The molecule has 0 amide bonds. The molecular weight excluding hydrogens is 176 g/mol. The first-order valence-corrected chi connectivity index (χ1v) is 5.07. The van der Waals surface area contributed by atoms with Gasteiger partial charge in [-0.2, -0.15) is 0 Å². The van der Waals surface area contributed by atoms with E-state index < -0.39 is 6.10 Å². The summed E-state index contributed by atoms with van der Waals surface area (Å²) in [6, 6.07) is 3.72. The van der Waals surface area contributed by atoms with Crippen molar-refractivity contribution in [1.82, 2.24) is 4.98 Å². The number of aliphatic hydroxyl groups excluding tert-OH is 1. The molecule has 0 saturated heterocycles. The average molecular weight is 194 g/mol. The lowest BCUT2D eigenvalue weighted by Crippen LogP contribution is -2.21. The van der Waals surface area contributed by atoms with Gasteiger partial charge in [-0.05, 0) is 24.6 Å². The molecule has 3 nitrogen and oxygen atoms in total. The minimum absolute atomic E-state index is 0.143. The molecule has 0 bridgehead atoms. The van der Waals surface area contributed by atoms with E-state index in [0.717, 1.165) is 18.4 Å². The van der Waals surface area contributed by atoms with Crippen LogP contribution in [0.1, 0.15) is 31.4 Å². The molecule has 2 unspecified atom stereocenters. The van der Waals surface area contributed by atoms with E-state index >= 15 is 0 Å². The minimum Gasteiger partial charge on any atom is -0.388 e. The zero-order valence-electron chi connectivity index (χ0n) is 8.56. The Hall–Kier alpha value is -0.930. The van der Waals surface area contributed by atoms with Crippen LogP contribution in [-0.2, 0) is 0 Å². The molecule has 1 heterocycles. The molecule has 0 aliphatic carbocycles. The largest absolute Gasteiger partial charge is 0.388 e. The number of nitrogens with two attached hydrogens (primary N) is 1. The molecule has 3 N–H and O–H groups in total. The predicted molar refractivity (Wildman–Crippen MR) is 56.6 cm³/mol. The van der Waals surface area contributed by atoms with Crippen molar-refractivity contribution in [2.75, 3.05) is 6.54 Å². The van der Waals surface area contributed by atoms with Crippen LogP contribution in [0.3, 0.4) is 0 Å². The molecule has 0 spiro atoms.